The fourth-order valence-electron chi connectivity index (χ4n) is 3.87. The number of amides is 1. The first-order valence-electron chi connectivity index (χ1n) is 9.50. The van der Waals surface area contributed by atoms with E-state index in [1.807, 2.05) is 25.1 Å². The highest BCUT2D eigenvalue weighted by Crippen LogP contribution is 2.22. The summed E-state index contributed by atoms with van der Waals surface area (Å²) in [6, 6.07) is 5.90. The Morgan fingerprint density at radius 2 is 2.07 bits per heavy atom. The number of morpholine rings is 1. The van der Waals surface area contributed by atoms with Crippen LogP contribution in [0.3, 0.4) is 0 Å². The van der Waals surface area contributed by atoms with Crippen molar-refractivity contribution in [1.82, 2.24) is 20.1 Å². The van der Waals surface area contributed by atoms with Crippen molar-refractivity contribution in [2.75, 3.05) is 31.2 Å². The SMILES string of the molecule is Cc1cc(C(=O)NC2CCc3n[nH]c(=O)n3CC2)ccc1N1CCOCC1. The Labute approximate surface area is 157 Å². The highest BCUT2D eigenvalue weighted by atomic mass is 16.5. The maximum absolute atomic E-state index is 12.7. The number of H-pyrrole nitrogens is 1. The van der Waals surface area contributed by atoms with Crippen LogP contribution in [0.15, 0.2) is 23.0 Å². The summed E-state index contributed by atoms with van der Waals surface area (Å²) in [4.78, 5) is 26.7. The zero-order valence-corrected chi connectivity index (χ0v) is 15.5. The van der Waals surface area contributed by atoms with Crippen molar-refractivity contribution in [2.45, 2.75) is 38.8 Å². The molecule has 1 fully saturated rings. The second-order valence-electron chi connectivity index (χ2n) is 7.20. The lowest BCUT2D eigenvalue weighted by atomic mass is 10.1. The van der Waals surface area contributed by atoms with Gasteiger partial charge in [0.05, 0.1) is 13.2 Å². The van der Waals surface area contributed by atoms with Gasteiger partial charge in [-0.05, 0) is 43.5 Å². The minimum absolute atomic E-state index is 0.0397. The van der Waals surface area contributed by atoms with Gasteiger partial charge in [0.2, 0.25) is 0 Å². The monoisotopic (exact) mass is 371 g/mol. The van der Waals surface area contributed by atoms with Crippen LogP contribution in [0.5, 0.6) is 0 Å². The number of anilines is 1. The van der Waals surface area contributed by atoms with E-state index in [2.05, 4.69) is 20.4 Å². The molecule has 0 bridgehead atoms. The third-order valence-electron chi connectivity index (χ3n) is 5.40. The number of benzene rings is 1. The summed E-state index contributed by atoms with van der Waals surface area (Å²) in [5, 5.41) is 9.66. The van der Waals surface area contributed by atoms with Gasteiger partial charge in [-0.1, -0.05) is 0 Å². The summed E-state index contributed by atoms with van der Waals surface area (Å²) in [5.74, 6) is 0.701. The van der Waals surface area contributed by atoms with Crippen LogP contribution in [-0.4, -0.2) is 53.0 Å². The molecule has 2 aliphatic rings. The van der Waals surface area contributed by atoms with Crippen LogP contribution in [0.25, 0.3) is 0 Å². The first-order chi connectivity index (χ1) is 13.1. The van der Waals surface area contributed by atoms with Gasteiger partial charge in [-0.3, -0.25) is 9.36 Å². The Morgan fingerprint density at radius 3 is 2.85 bits per heavy atom. The molecule has 3 heterocycles. The zero-order valence-electron chi connectivity index (χ0n) is 15.5. The first kappa shape index (κ1) is 17.8. The van der Waals surface area contributed by atoms with E-state index in [-0.39, 0.29) is 17.6 Å². The molecule has 8 heteroatoms. The lowest BCUT2D eigenvalue weighted by molar-refractivity contribution is 0.0932. The van der Waals surface area contributed by atoms with Gasteiger partial charge in [-0.15, -0.1) is 0 Å². The second-order valence-corrected chi connectivity index (χ2v) is 7.20. The molecule has 1 aromatic heterocycles. The van der Waals surface area contributed by atoms with Gasteiger partial charge < -0.3 is 15.0 Å². The molecule has 1 amide bonds. The number of hydrogen-bond donors (Lipinski definition) is 2. The number of hydrogen-bond acceptors (Lipinski definition) is 5. The van der Waals surface area contributed by atoms with E-state index < -0.39 is 0 Å². The van der Waals surface area contributed by atoms with Gasteiger partial charge in [0, 0.05) is 43.3 Å². The minimum atomic E-state index is -0.175. The van der Waals surface area contributed by atoms with E-state index in [4.69, 9.17) is 4.74 Å². The average Bonchev–Trinajstić information content (AvgIpc) is 2.91. The third kappa shape index (κ3) is 3.75. The van der Waals surface area contributed by atoms with Crippen molar-refractivity contribution < 1.29 is 9.53 Å². The molecule has 2 aromatic rings. The van der Waals surface area contributed by atoms with Gasteiger partial charge in [-0.2, -0.15) is 5.10 Å². The second kappa shape index (κ2) is 7.56. The van der Waals surface area contributed by atoms with E-state index in [0.29, 0.717) is 18.5 Å². The largest absolute Gasteiger partial charge is 0.378 e. The van der Waals surface area contributed by atoms with Gasteiger partial charge in [0.25, 0.3) is 5.91 Å². The maximum atomic E-state index is 12.7. The van der Waals surface area contributed by atoms with E-state index in [0.717, 1.165) is 56.2 Å². The molecule has 0 aliphatic carbocycles. The quantitative estimate of drug-likeness (QED) is 0.835. The lowest BCUT2D eigenvalue weighted by Gasteiger charge is -2.30. The summed E-state index contributed by atoms with van der Waals surface area (Å²) in [7, 11) is 0. The van der Waals surface area contributed by atoms with Crippen molar-refractivity contribution in [3.63, 3.8) is 0 Å². The fourth-order valence-corrected chi connectivity index (χ4v) is 3.87. The molecular weight excluding hydrogens is 346 g/mol. The van der Waals surface area contributed by atoms with Crippen molar-refractivity contribution in [2.24, 2.45) is 0 Å². The van der Waals surface area contributed by atoms with Crippen LogP contribution in [-0.2, 0) is 17.7 Å². The molecule has 8 nitrogen and oxygen atoms in total. The van der Waals surface area contributed by atoms with E-state index in [9.17, 15) is 9.59 Å². The highest BCUT2D eigenvalue weighted by Gasteiger charge is 2.21. The van der Waals surface area contributed by atoms with Crippen LogP contribution >= 0.6 is 0 Å². The molecule has 144 valence electrons. The number of aromatic nitrogens is 3. The molecule has 2 aliphatic heterocycles. The normalized spacial score (nSPS) is 20.0. The summed E-state index contributed by atoms with van der Waals surface area (Å²) < 4.78 is 7.07. The summed E-state index contributed by atoms with van der Waals surface area (Å²) >= 11 is 0. The van der Waals surface area contributed by atoms with Gasteiger partial charge >= 0.3 is 5.69 Å². The lowest BCUT2D eigenvalue weighted by Crippen LogP contribution is -2.37. The predicted molar refractivity (Wildman–Crippen MR) is 101 cm³/mol. The Hall–Kier alpha value is -2.61. The number of rotatable bonds is 3. The standard InChI is InChI=1S/C19H25N5O3/c1-13-12-14(2-4-16(13)23-8-10-27-11-9-23)18(25)20-15-3-5-17-21-22-19(26)24(17)7-6-15/h2,4,12,15H,3,5-11H2,1H3,(H,20,25)(H,22,26). The molecule has 1 saturated heterocycles. The Morgan fingerprint density at radius 1 is 1.26 bits per heavy atom. The van der Waals surface area contributed by atoms with E-state index in [1.165, 1.54) is 0 Å². The van der Waals surface area contributed by atoms with Crippen LogP contribution < -0.4 is 15.9 Å². The molecule has 27 heavy (non-hydrogen) atoms. The average molecular weight is 371 g/mol. The number of ether oxygens (including phenoxy) is 1. The first-order valence-corrected chi connectivity index (χ1v) is 9.50. The smallest absolute Gasteiger partial charge is 0.343 e. The predicted octanol–water partition coefficient (Wildman–Crippen LogP) is 0.851. The van der Waals surface area contributed by atoms with Gasteiger partial charge in [0.1, 0.15) is 5.82 Å². The maximum Gasteiger partial charge on any atom is 0.343 e. The number of aryl methyl sites for hydroxylation is 2. The Bertz CT molecular complexity index is 882. The molecule has 0 spiro atoms. The molecule has 1 unspecified atom stereocenters. The van der Waals surface area contributed by atoms with Crippen LogP contribution in [0.2, 0.25) is 0 Å². The number of nitrogens with one attached hydrogen (secondary N) is 2. The van der Waals surface area contributed by atoms with Crippen molar-refractivity contribution in [1.29, 1.82) is 0 Å². The number of fused-ring (bicyclic) bond motifs is 1. The number of carbonyl (C=O) groups is 1. The van der Waals surface area contributed by atoms with E-state index in [1.54, 1.807) is 4.57 Å². The van der Waals surface area contributed by atoms with Gasteiger partial charge in [-0.25, -0.2) is 9.89 Å². The van der Waals surface area contributed by atoms with Crippen LogP contribution in [0, 0.1) is 6.92 Å². The molecule has 0 saturated carbocycles. The Kier molecular flexibility index (Phi) is 4.98. The summed E-state index contributed by atoms with van der Waals surface area (Å²) in [5.41, 5.74) is 2.75. The molecule has 2 N–H and O–H groups in total. The minimum Gasteiger partial charge on any atom is -0.378 e. The topological polar surface area (TPSA) is 92.2 Å². The van der Waals surface area contributed by atoms with E-state index >= 15 is 0 Å². The molecular formula is C19H25N5O3. The molecule has 4 rings (SSSR count). The highest BCUT2D eigenvalue weighted by molar-refractivity contribution is 5.95. The fraction of sp³-hybridized carbons (Fsp3) is 0.526. The summed E-state index contributed by atoms with van der Waals surface area (Å²) in [6.07, 6.45) is 2.18. The molecule has 1 atom stereocenters. The number of carbonyl (C=O) groups excluding carboxylic acids is 1. The van der Waals surface area contributed by atoms with Crippen molar-refractivity contribution >= 4 is 11.6 Å². The van der Waals surface area contributed by atoms with Gasteiger partial charge in [0.15, 0.2) is 0 Å². The number of nitrogens with zero attached hydrogens (tertiary/aromatic N) is 3. The van der Waals surface area contributed by atoms with Crippen LogP contribution in [0.4, 0.5) is 5.69 Å². The summed E-state index contributed by atoms with van der Waals surface area (Å²) in [6.45, 7) is 5.85. The van der Waals surface area contributed by atoms with Crippen LogP contribution in [0.1, 0.15) is 34.6 Å². The van der Waals surface area contributed by atoms with Crippen molar-refractivity contribution in [3.8, 4) is 0 Å². The zero-order chi connectivity index (χ0) is 18.8. The number of aromatic amines is 1. The molecule has 0 radical (unpaired) electrons. The van der Waals surface area contributed by atoms with Crippen molar-refractivity contribution in [3.05, 3.63) is 45.6 Å². The third-order valence-corrected chi connectivity index (χ3v) is 5.40. The Balaban J connectivity index is 1.41. The molecule has 1 aromatic carbocycles.